The van der Waals surface area contributed by atoms with Crippen molar-refractivity contribution in [1.29, 1.82) is 0 Å². The highest BCUT2D eigenvalue weighted by Gasteiger charge is 2.37. The summed E-state index contributed by atoms with van der Waals surface area (Å²) in [4.78, 5) is 40.5. The van der Waals surface area contributed by atoms with Gasteiger partial charge in [-0.2, -0.15) is 0 Å². The van der Waals surface area contributed by atoms with Gasteiger partial charge in [0.15, 0.2) is 0 Å². The summed E-state index contributed by atoms with van der Waals surface area (Å²) >= 11 is 0. The summed E-state index contributed by atoms with van der Waals surface area (Å²) in [5.74, 6) is 1.10. The van der Waals surface area contributed by atoms with E-state index in [4.69, 9.17) is 4.74 Å². The molecule has 0 spiro atoms. The molecule has 7 nitrogen and oxygen atoms in total. The normalized spacial score (nSPS) is 19.6. The minimum atomic E-state index is -0.229. The maximum Gasteiger partial charge on any atom is 0.274 e. The number of methoxy groups -OCH3 is 1. The largest absolute Gasteiger partial charge is 0.497 e. The number of piperidine rings is 1. The van der Waals surface area contributed by atoms with E-state index in [1.54, 1.807) is 17.7 Å². The number of rotatable bonds is 5. The van der Waals surface area contributed by atoms with Crippen LogP contribution in [-0.4, -0.2) is 41.5 Å². The van der Waals surface area contributed by atoms with E-state index in [9.17, 15) is 14.4 Å². The van der Waals surface area contributed by atoms with Crippen LogP contribution >= 0.6 is 0 Å². The summed E-state index contributed by atoms with van der Waals surface area (Å²) in [6.45, 7) is 8.14. The number of amides is 2. The summed E-state index contributed by atoms with van der Waals surface area (Å²) in [6, 6.07) is 10.9. The van der Waals surface area contributed by atoms with Gasteiger partial charge in [0.25, 0.3) is 5.56 Å². The van der Waals surface area contributed by atoms with Gasteiger partial charge in [-0.1, -0.05) is 32.9 Å². The Bertz CT molecular complexity index is 1100. The molecule has 7 heteroatoms. The number of carbonyl (C=O) groups is 2. The van der Waals surface area contributed by atoms with Crippen LogP contribution in [0.2, 0.25) is 0 Å². The highest BCUT2D eigenvalue weighted by Crippen LogP contribution is 2.36. The lowest BCUT2D eigenvalue weighted by molar-refractivity contribution is -0.135. The fourth-order valence-corrected chi connectivity index (χ4v) is 4.93. The number of hydrogen-bond acceptors (Lipinski definition) is 4. The molecule has 1 fully saturated rings. The van der Waals surface area contributed by atoms with Crippen molar-refractivity contribution in [3.8, 4) is 5.75 Å². The predicted octanol–water partition coefficient (Wildman–Crippen LogP) is 3.42. The predicted molar refractivity (Wildman–Crippen MR) is 128 cm³/mol. The molecule has 176 valence electrons. The Kier molecular flexibility index (Phi) is 6.32. The Morgan fingerprint density at radius 3 is 2.45 bits per heavy atom. The van der Waals surface area contributed by atoms with E-state index in [-0.39, 0.29) is 41.0 Å². The van der Waals surface area contributed by atoms with Gasteiger partial charge >= 0.3 is 0 Å². The zero-order chi connectivity index (χ0) is 23.8. The second kappa shape index (κ2) is 9.04. The van der Waals surface area contributed by atoms with Crippen molar-refractivity contribution in [2.45, 2.75) is 52.5 Å². The molecule has 33 heavy (non-hydrogen) atoms. The maximum atomic E-state index is 13.2. The Morgan fingerprint density at radius 1 is 1.06 bits per heavy atom. The molecule has 2 amide bonds. The minimum Gasteiger partial charge on any atom is -0.497 e. The number of likely N-dealkylation sites (tertiary alicyclic amines) is 1. The van der Waals surface area contributed by atoms with Gasteiger partial charge in [-0.25, -0.2) is 0 Å². The zero-order valence-corrected chi connectivity index (χ0v) is 19.9. The highest BCUT2D eigenvalue weighted by molar-refractivity contribution is 5.92. The quantitative estimate of drug-likeness (QED) is 0.755. The highest BCUT2D eigenvalue weighted by atomic mass is 16.5. The average Bonchev–Trinajstić information content (AvgIpc) is 2.75. The van der Waals surface area contributed by atoms with Crippen molar-refractivity contribution in [1.82, 2.24) is 9.47 Å². The summed E-state index contributed by atoms with van der Waals surface area (Å²) < 4.78 is 6.94. The first kappa shape index (κ1) is 23.1. The van der Waals surface area contributed by atoms with Gasteiger partial charge in [-0.15, -0.1) is 0 Å². The number of pyridine rings is 1. The van der Waals surface area contributed by atoms with Gasteiger partial charge in [0.1, 0.15) is 11.4 Å². The lowest BCUT2D eigenvalue weighted by Gasteiger charge is -2.43. The first-order chi connectivity index (χ1) is 15.6. The minimum absolute atomic E-state index is 0.0442. The monoisotopic (exact) mass is 451 g/mol. The van der Waals surface area contributed by atoms with E-state index in [0.717, 1.165) is 23.4 Å². The maximum absolute atomic E-state index is 13.2. The third kappa shape index (κ3) is 5.29. The number of nitrogens with zero attached hydrogens (tertiary/aromatic N) is 2. The number of hydrogen-bond donors (Lipinski definition) is 1. The SMILES string of the molecule is COc1ccc(CC(=O)Nc2ccc3n(c2=O)C[C@@H]2C[C@@H]3CN(C(=O)CC(C)(C)C)C2)cc1. The van der Waals surface area contributed by atoms with Crippen LogP contribution in [0.25, 0.3) is 0 Å². The summed E-state index contributed by atoms with van der Waals surface area (Å²) in [5.41, 5.74) is 1.90. The fourth-order valence-electron chi connectivity index (χ4n) is 4.93. The van der Waals surface area contributed by atoms with Crippen LogP contribution in [-0.2, 0) is 22.6 Å². The van der Waals surface area contributed by atoms with Gasteiger partial charge < -0.3 is 19.5 Å². The molecule has 2 bridgehead atoms. The molecular formula is C26H33N3O4. The zero-order valence-electron chi connectivity index (χ0n) is 19.9. The number of anilines is 1. The van der Waals surface area contributed by atoms with Crippen molar-refractivity contribution in [2.75, 3.05) is 25.5 Å². The molecule has 3 heterocycles. The number of benzene rings is 1. The van der Waals surface area contributed by atoms with E-state index in [0.29, 0.717) is 31.7 Å². The summed E-state index contributed by atoms with van der Waals surface area (Å²) in [6.07, 6.45) is 1.70. The van der Waals surface area contributed by atoms with Gasteiger partial charge in [-0.3, -0.25) is 14.4 Å². The third-order valence-corrected chi connectivity index (χ3v) is 6.44. The molecule has 1 N–H and O–H groups in total. The van der Waals surface area contributed by atoms with Gasteiger partial charge in [-0.05, 0) is 47.6 Å². The van der Waals surface area contributed by atoms with Crippen molar-refractivity contribution >= 4 is 17.5 Å². The lowest BCUT2D eigenvalue weighted by Crippen LogP contribution is -2.49. The molecule has 2 aliphatic heterocycles. The van der Waals surface area contributed by atoms with Gasteiger partial charge in [0.05, 0.1) is 13.5 Å². The summed E-state index contributed by atoms with van der Waals surface area (Å²) in [7, 11) is 1.60. The smallest absolute Gasteiger partial charge is 0.274 e. The average molecular weight is 452 g/mol. The molecule has 0 radical (unpaired) electrons. The van der Waals surface area contributed by atoms with E-state index in [1.165, 1.54) is 0 Å². The van der Waals surface area contributed by atoms with Crippen molar-refractivity contribution < 1.29 is 14.3 Å². The number of aromatic nitrogens is 1. The second-order valence-electron chi connectivity index (χ2n) is 10.5. The number of fused-ring (bicyclic) bond motifs is 4. The molecule has 4 rings (SSSR count). The number of nitrogens with one attached hydrogen (secondary N) is 1. The standard InChI is InChI=1S/C26H33N3O4/c1-26(2,3)13-24(31)28-14-18-11-19(16-28)22-10-9-21(25(32)29(22)15-18)27-23(30)12-17-5-7-20(33-4)8-6-17/h5-10,18-19H,11-16H2,1-4H3,(H,27,30)/t18-,19-/m1/s1. The van der Waals surface area contributed by atoms with Crippen LogP contribution in [0, 0.1) is 11.3 Å². The Labute approximate surface area is 194 Å². The number of ether oxygens (including phenoxy) is 1. The lowest BCUT2D eigenvalue weighted by atomic mass is 9.82. The fraction of sp³-hybridized carbons (Fsp3) is 0.500. The van der Waals surface area contributed by atoms with E-state index in [1.807, 2.05) is 35.2 Å². The van der Waals surface area contributed by atoms with Crippen LogP contribution in [0.4, 0.5) is 5.69 Å². The van der Waals surface area contributed by atoms with Crippen molar-refractivity contribution in [3.63, 3.8) is 0 Å². The number of carbonyl (C=O) groups excluding carboxylic acids is 2. The second-order valence-corrected chi connectivity index (χ2v) is 10.5. The Balaban J connectivity index is 1.46. The van der Waals surface area contributed by atoms with E-state index in [2.05, 4.69) is 26.1 Å². The van der Waals surface area contributed by atoms with Crippen LogP contribution in [0.1, 0.15) is 50.8 Å². The molecule has 0 aliphatic carbocycles. The van der Waals surface area contributed by atoms with Crippen LogP contribution < -0.4 is 15.6 Å². The Hall–Kier alpha value is -3.09. The van der Waals surface area contributed by atoms with Crippen LogP contribution in [0.5, 0.6) is 5.75 Å². The molecule has 1 aromatic heterocycles. The van der Waals surface area contributed by atoms with E-state index < -0.39 is 0 Å². The van der Waals surface area contributed by atoms with Crippen LogP contribution in [0.15, 0.2) is 41.2 Å². The first-order valence-electron chi connectivity index (χ1n) is 11.6. The molecule has 1 aromatic carbocycles. The molecular weight excluding hydrogens is 418 g/mol. The van der Waals surface area contributed by atoms with Crippen molar-refractivity contribution in [2.24, 2.45) is 11.3 Å². The molecule has 1 saturated heterocycles. The third-order valence-electron chi connectivity index (χ3n) is 6.44. The van der Waals surface area contributed by atoms with Gasteiger partial charge in [0.2, 0.25) is 11.8 Å². The van der Waals surface area contributed by atoms with E-state index >= 15 is 0 Å². The molecule has 2 atom stereocenters. The summed E-state index contributed by atoms with van der Waals surface area (Å²) in [5, 5.41) is 2.79. The topological polar surface area (TPSA) is 80.6 Å². The van der Waals surface area contributed by atoms with Crippen molar-refractivity contribution in [3.05, 3.63) is 58.0 Å². The van der Waals surface area contributed by atoms with Crippen LogP contribution in [0.3, 0.4) is 0 Å². The molecule has 2 aromatic rings. The molecule has 0 saturated carbocycles. The molecule has 2 aliphatic rings. The van der Waals surface area contributed by atoms with Gasteiger partial charge in [0, 0.05) is 37.7 Å². The Morgan fingerprint density at radius 2 is 1.79 bits per heavy atom. The molecule has 0 unspecified atom stereocenters. The first-order valence-corrected chi connectivity index (χ1v) is 11.6.